The number of carboxylic acids is 1. The van der Waals surface area contributed by atoms with Crippen molar-refractivity contribution in [2.45, 2.75) is 36.6 Å². The second-order valence-electron chi connectivity index (χ2n) is 8.94. The average Bonchev–Trinajstić information content (AvgIpc) is 3.26. The number of carbonyl (C=O) groups is 3. The van der Waals surface area contributed by atoms with Gasteiger partial charge >= 0.3 is 17.9 Å². The van der Waals surface area contributed by atoms with Crippen molar-refractivity contribution >= 4 is 30.1 Å². The normalized spacial score (nSPS) is 25.6. The summed E-state index contributed by atoms with van der Waals surface area (Å²) in [5.41, 5.74) is 0.898. The molecule has 2 aliphatic heterocycles. The zero-order valence-electron chi connectivity index (χ0n) is 21.0. The Balaban J connectivity index is 1.38. The highest BCUT2D eigenvalue weighted by molar-refractivity contribution is 5.88. The molecule has 13 nitrogen and oxygen atoms in total. The van der Waals surface area contributed by atoms with E-state index in [0.29, 0.717) is 11.1 Å². The van der Waals surface area contributed by atoms with Crippen LogP contribution >= 0.6 is 0 Å². The van der Waals surface area contributed by atoms with E-state index in [1.54, 1.807) is 0 Å². The Hall–Kier alpha value is -4.59. The maximum Gasteiger partial charge on any atom is 0.364 e. The monoisotopic (exact) mass is 558 g/mol. The van der Waals surface area contributed by atoms with E-state index >= 15 is 0 Å². The quantitative estimate of drug-likeness (QED) is 0.168. The van der Waals surface area contributed by atoms with Gasteiger partial charge in [0.25, 0.3) is 5.79 Å². The largest absolute Gasteiger partial charge is 0.504 e. The molecular weight excluding hydrogens is 532 g/mol. The molecule has 0 spiro atoms. The van der Waals surface area contributed by atoms with Gasteiger partial charge in [0.1, 0.15) is 31.0 Å². The summed E-state index contributed by atoms with van der Waals surface area (Å²) in [5.74, 6) is -6.07. The molecule has 13 heteroatoms. The number of phenolic OH excluding ortho intramolecular Hbond substituents is 3. The van der Waals surface area contributed by atoms with Crippen LogP contribution in [0.5, 0.6) is 23.0 Å². The maximum absolute atomic E-state index is 12.4. The first-order chi connectivity index (χ1) is 19.0. The summed E-state index contributed by atoms with van der Waals surface area (Å²) >= 11 is 0. The van der Waals surface area contributed by atoms with E-state index in [1.165, 1.54) is 55.7 Å². The fourth-order valence-corrected chi connectivity index (χ4v) is 4.22. The molecule has 2 fully saturated rings. The van der Waals surface area contributed by atoms with E-state index in [0.717, 1.165) is 12.2 Å². The fourth-order valence-electron chi connectivity index (χ4n) is 4.22. The van der Waals surface area contributed by atoms with E-state index < -0.39 is 61.1 Å². The number of rotatable bonds is 9. The van der Waals surface area contributed by atoms with Gasteiger partial charge in [-0.1, -0.05) is 12.1 Å². The first-order valence-corrected chi connectivity index (χ1v) is 11.9. The van der Waals surface area contributed by atoms with Crippen molar-refractivity contribution < 1.29 is 63.6 Å². The van der Waals surface area contributed by atoms with Crippen molar-refractivity contribution in [2.75, 3.05) is 13.7 Å². The highest BCUT2D eigenvalue weighted by Crippen LogP contribution is 2.42. The molecule has 212 valence electrons. The Morgan fingerprint density at radius 3 is 2.25 bits per heavy atom. The number of hydrogen-bond donors (Lipinski definition) is 5. The van der Waals surface area contributed by atoms with Gasteiger partial charge < -0.3 is 49.2 Å². The van der Waals surface area contributed by atoms with Crippen LogP contribution in [0.2, 0.25) is 0 Å². The van der Waals surface area contributed by atoms with Gasteiger partial charge in [-0.05, 0) is 47.5 Å². The van der Waals surface area contributed by atoms with Crippen LogP contribution in [-0.4, -0.2) is 87.4 Å². The standard InChI is InChI=1S/C27H26O13/c1-36-19-11-15(3-7-17(19)29)5-9-23(32)38-20-12-27(26(34)35)39-21(25(40-27)24(20)33)13-37-22(31)8-4-14-2-6-16(28)18(30)10-14/h2-11,20-21,24-25,28-30,33H,12-13H2,1H3,(H,34,35)/b8-4+,9-5+/t20-,21-,24-,25-,27+/m0/s1. The van der Waals surface area contributed by atoms with E-state index in [1.807, 2.05) is 0 Å². The molecule has 0 saturated carbocycles. The number of hydrogen-bond acceptors (Lipinski definition) is 12. The van der Waals surface area contributed by atoms with E-state index in [4.69, 9.17) is 23.7 Å². The highest BCUT2D eigenvalue weighted by atomic mass is 16.8. The molecule has 0 aromatic heterocycles. The van der Waals surface area contributed by atoms with Gasteiger partial charge in [-0.25, -0.2) is 14.4 Å². The first-order valence-electron chi connectivity index (χ1n) is 11.9. The minimum Gasteiger partial charge on any atom is -0.504 e. The first kappa shape index (κ1) is 28.4. The van der Waals surface area contributed by atoms with Gasteiger partial charge in [0, 0.05) is 12.2 Å². The van der Waals surface area contributed by atoms with E-state index in [-0.39, 0.29) is 23.0 Å². The number of fused-ring (bicyclic) bond motifs is 2. The third-order valence-electron chi connectivity index (χ3n) is 6.23. The van der Waals surface area contributed by atoms with E-state index in [2.05, 4.69) is 0 Å². The lowest BCUT2D eigenvalue weighted by Crippen LogP contribution is -2.55. The molecule has 2 aromatic carbocycles. The van der Waals surface area contributed by atoms with Gasteiger partial charge in [0.15, 0.2) is 23.0 Å². The van der Waals surface area contributed by atoms with Crippen molar-refractivity contribution in [1.29, 1.82) is 0 Å². The maximum atomic E-state index is 12.4. The van der Waals surface area contributed by atoms with Crippen LogP contribution < -0.4 is 4.74 Å². The van der Waals surface area contributed by atoms with Crippen LogP contribution in [0.4, 0.5) is 0 Å². The van der Waals surface area contributed by atoms with Crippen LogP contribution in [-0.2, 0) is 33.3 Å². The molecule has 5 atom stereocenters. The Labute approximate surface area is 227 Å². The highest BCUT2D eigenvalue weighted by Gasteiger charge is 2.63. The fraction of sp³-hybridized carbons (Fsp3) is 0.296. The van der Waals surface area contributed by atoms with Crippen LogP contribution in [0, 0.1) is 0 Å². The lowest BCUT2D eigenvalue weighted by atomic mass is 9.95. The number of aliphatic carboxylic acids is 1. The summed E-state index contributed by atoms with van der Waals surface area (Å²) in [5, 5.41) is 49.1. The molecule has 0 amide bonds. The SMILES string of the molecule is COc1cc(/C=C/C(=O)O[C@H]2C[C@]3(C(=O)O)O[C@H]([C@H]2O)[C@H](COC(=O)/C=C/c2ccc(O)c(O)c2)O3)ccc1O. The van der Waals surface area contributed by atoms with Gasteiger partial charge in [-0.2, -0.15) is 0 Å². The number of benzene rings is 2. The summed E-state index contributed by atoms with van der Waals surface area (Å²) in [7, 11) is 1.37. The topological polar surface area (TPSA) is 199 Å². The molecule has 5 N–H and O–H groups in total. The number of aliphatic hydroxyl groups excluding tert-OH is 1. The smallest absolute Gasteiger partial charge is 0.364 e. The minimum atomic E-state index is -2.24. The van der Waals surface area contributed by atoms with Crippen molar-refractivity contribution in [3.8, 4) is 23.0 Å². The third kappa shape index (κ3) is 6.17. The molecule has 2 aliphatic rings. The van der Waals surface area contributed by atoms with Crippen LogP contribution in [0.15, 0.2) is 48.6 Å². The molecule has 4 rings (SSSR count). The summed E-state index contributed by atoms with van der Waals surface area (Å²) in [4.78, 5) is 36.6. The minimum absolute atomic E-state index is 0.0871. The zero-order valence-corrected chi connectivity index (χ0v) is 21.0. The Morgan fingerprint density at radius 2 is 1.60 bits per heavy atom. The van der Waals surface area contributed by atoms with Gasteiger partial charge in [0.2, 0.25) is 0 Å². The molecule has 2 heterocycles. The second-order valence-corrected chi connectivity index (χ2v) is 8.94. The molecular formula is C27H26O13. The predicted molar refractivity (Wildman–Crippen MR) is 134 cm³/mol. The number of esters is 2. The molecule has 0 aliphatic carbocycles. The van der Waals surface area contributed by atoms with Crippen molar-refractivity contribution in [3.05, 3.63) is 59.7 Å². The third-order valence-corrected chi connectivity index (χ3v) is 6.23. The number of aliphatic hydroxyl groups is 1. The number of carboxylic acid groups (broad SMARTS) is 1. The molecule has 40 heavy (non-hydrogen) atoms. The van der Waals surface area contributed by atoms with Crippen molar-refractivity contribution in [2.24, 2.45) is 0 Å². The summed E-state index contributed by atoms with van der Waals surface area (Å²) in [6.07, 6.45) is -1.03. The molecule has 2 bridgehead atoms. The van der Waals surface area contributed by atoms with Gasteiger partial charge in [0.05, 0.1) is 13.5 Å². The van der Waals surface area contributed by atoms with Crippen molar-refractivity contribution in [3.63, 3.8) is 0 Å². The summed E-state index contributed by atoms with van der Waals surface area (Å²) < 4.78 is 26.4. The van der Waals surface area contributed by atoms with Crippen LogP contribution in [0.1, 0.15) is 17.5 Å². The van der Waals surface area contributed by atoms with Crippen LogP contribution in [0.3, 0.4) is 0 Å². The van der Waals surface area contributed by atoms with Crippen molar-refractivity contribution in [1.82, 2.24) is 0 Å². The summed E-state index contributed by atoms with van der Waals surface area (Å²) in [6.45, 7) is -0.482. The lowest BCUT2D eigenvalue weighted by molar-refractivity contribution is -0.247. The summed E-state index contributed by atoms with van der Waals surface area (Å²) in [6, 6.07) is 8.28. The zero-order chi connectivity index (χ0) is 29.0. The Morgan fingerprint density at radius 1 is 0.950 bits per heavy atom. The Bertz CT molecular complexity index is 1350. The molecule has 0 radical (unpaired) electrons. The number of phenols is 3. The number of aromatic hydroxyl groups is 3. The number of methoxy groups -OCH3 is 1. The average molecular weight is 558 g/mol. The molecule has 2 saturated heterocycles. The number of carbonyl (C=O) groups excluding carboxylic acids is 2. The molecule has 2 aromatic rings. The second kappa shape index (κ2) is 11.7. The van der Waals surface area contributed by atoms with Gasteiger partial charge in [-0.3, -0.25) is 0 Å². The van der Waals surface area contributed by atoms with Crippen LogP contribution in [0.25, 0.3) is 12.2 Å². The predicted octanol–water partition coefficient (Wildman–Crippen LogP) is 1.32. The Kier molecular flexibility index (Phi) is 8.28. The lowest BCUT2D eigenvalue weighted by Gasteiger charge is -2.35. The molecule has 0 unspecified atom stereocenters. The van der Waals surface area contributed by atoms with E-state index in [9.17, 15) is 39.9 Å². The van der Waals surface area contributed by atoms with Gasteiger partial charge in [-0.15, -0.1) is 0 Å². The number of ether oxygens (including phenoxy) is 5.